The number of aromatic nitrogens is 4. The van der Waals surface area contributed by atoms with Crippen LogP contribution < -0.4 is 10.1 Å². The summed E-state index contributed by atoms with van der Waals surface area (Å²) in [7, 11) is 0. The molecule has 0 fully saturated rings. The summed E-state index contributed by atoms with van der Waals surface area (Å²) < 4.78 is 7.58. The summed E-state index contributed by atoms with van der Waals surface area (Å²) in [4.78, 5) is 12.7. The van der Waals surface area contributed by atoms with Crippen molar-refractivity contribution in [2.24, 2.45) is 0 Å². The fourth-order valence-electron chi connectivity index (χ4n) is 3.40. The summed E-state index contributed by atoms with van der Waals surface area (Å²) in [5, 5.41) is 17.7. The van der Waals surface area contributed by atoms with Gasteiger partial charge in [-0.15, -0.1) is 5.10 Å². The minimum Gasteiger partial charge on any atom is -0.455 e. The molecule has 8 heteroatoms. The molecule has 5 rings (SSSR count). The van der Waals surface area contributed by atoms with Gasteiger partial charge in [-0.05, 0) is 46.1 Å². The van der Waals surface area contributed by atoms with Crippen LogP contribution in [-0.4, -0.2) is 31.9 Å². The Morgan fingerprint density at radius 1 is 0.879 bits per heavy atom. The molecule has 162 valence electrons. The molecule has 5 aromatic rings. The van der Waals surface area contributed by atoms with Crippen molar-refractivity contribution in [3.8, 4) is 17.2 Å². The number of ether oxygens (including phenoxy) is 1. The number of amides is 1. The van der Waals surface area contributed by atoms with Crippen LogP contribution in [-0.2, 0) is 4.79 Å². The van der Waals surface area contributed by atoms with Gasteiger partial charge in [0.15, 0.2) is 5.75 Å². The number of hydrogen-bond donors (Lipinski definition) is 1. The summed E-state index contributed by atoms with van der Waals surface area (Å²) in [6.45, 7) is 0. The highest BCUT2D eigenvalue weighted by Gasteiger charge is 2.15. The van der Waals surface area contributed by atoms with Gasteiger partial charge in [0.05, 0.1) is 17.1 Å². The van der Waals surface area contributed by atoms with Crippen molar-refractivity contribution in [3.05, 3.63) is 97.1 Å². The van der Waals surface area contributed by atoms with E-state index in [9.17, 15) is 4.79 Å². The molecule has 0 bridgehead atoms. The Bertz CT molecular complexity index is 1400. The molecule has 1 heterocycles. The van der Waals surface area contributed by atoms with E-state index in [1.807, 2.05) is 91.0 Å². The first-order chi connectivity index (χ1) is 16.3. The molecule has 0 saturated carbocycles. The zero-order chi connectivity index (χ0) is 22.5. The van der Waals surface area contributed by atoms with E-state index in [4.69, 9.17) is 4.74 Å². The van der Waals surface area contributed by atoms with Gasteiger partial charge >= 0.3 is 0 Å². The second-order valence-electron chi connectivity index (χ2n) is 7.12. The van der Waals surface area contributed by atoms with Gasteiger partial charge in [-0.2, -0.15) is 4.68 Å². The largest absolute Gasteiger partial charge is 0.455 e. The van der Waals surface area contributed by atoms with Gasteiger partial charge in [0.2, 0.25) is 11.1 Å². The smallest absolute Gasteiger partial charge is 0.234 e. The number of tetrazole rings is 1. The quantitative estimate of drug-likeness (QED) is 0.335. The van der Waals surface area contributed by atoms with Crippen molar-refractivity contribution in [3.63, 3.8) is 0 Å². The highest BCUT2D eigenvalue weighted by Crippen LogP contribution is 2.30. The third-order valence-electron chi connectivity index (χ3n) is 4.90. The van der Waals surface area contributed by atoms with E-state index in [1.165, 1.54) is 11.8 Å². The maximum absolute atomic E-state index is 12.7. The van der Waals surface area contributed by atoms with Crippen LogP contribution in [0.25, 0.3) is 16.5 Å². The van der Waals surface area contributed by atoms with Crippen LogP contribution >= 0.6 is 11.8 Å². The number of benzene rings is 4. The average molecular weight is 454 g/mol. The first kappa shape index (κ1) is 20.7. The molecule has 4 aromatic carbocycles. The molecule has 0 atom stereocenters. The Kier molecular flexibility index (Phi) is 5.99. The lowest BCUT2D eigenvalue weighted by molar-refractivity contribution is -0.113. The maximum Gasteiger partial charge on any atom is 0.234 e. The van der Waals surface area contributed by atoms with Gasteiger partial charge in [-0.25, -0.2) is 0 Å². The van der Waals surface area contributed by atoms with Crippen molar-refractivity contribution in [2.45, 2.75) is 5.16 Å². The highest BCUT2D eigenvalue weighted by atomic mass is 32.2. The van der Waals surface area contributed by atoms with Gasteiger partial charge < -0.3 is 10.1 Å². The van der Waals surface area contributed by atoms with E-state index in [-0.39, 0.29) is 11.7 Å². The van der Waals surface area contributed by atoms with E-state index in [0.717, 1.165) is 16.5 Å². The summed E-state index contributed by atoms with van der Waals surface area (Å²) >= 11 is 1.27. The Morgan fingerprint density at radius 2 is 1.64 bits per heavy atom. The van der Waals surface area contributed by atoms with Crippen molar-refractivity contribution >= 4 is 34.1 Å². The van der Waals surface area contributed by atoms with Crippen molar-refractivity contribution in [1.82, 2.24) is 20.2 Å². The molecule has 0 spiro atoms. The summed E-state index contributed by atoms with van der Waals surface area (Å²) in [6.07, 6.45) is 0. The minimum absolute atomic E-state index is 0.144. The number of hydrogen-bond acceptors (Lipinski definition) is 6. The van der Waals surface area contributed by atoms with Crippen LogP contribution in [0.15, 0.2) is 102 Å². The van der Waals surface area contributed by atoms with Crippen molar-refractivity contribution < 1.29 is 9.53 Å². The van der Waals surface area contributed by atoms with E-state index < -0.39 is 0 Å². The Labute approximate surface area is 194 Å². The Hall–Kier alpha value is -4.17. The van der Waals surface area contributed by atoms with Gasteiger partial charge in [-0.3, -0.25) is 4.79 Å². The molecule has 0 aliphatic rings. The lowest BCUT2D eigenvalue weighted by Crippen LogP contribution is -2.15. The van der Waals surface area contributed by atoms with Crippen LogP contribution in [0.5, 0.6) is 11.5 Å². The number of nitrogens with zero attached hydrogens (tertiary/aromatic N) is 4. The number of nitrogens with one attached hydrogen (secondary N) is 1. The summed E-state index contributed by atoms with van der Waals surface area (Å²) in [5.74, 6) is 1.23. The second-order valence-corrected chi connectivity index (χ2v) is 8.06. The minimum atomic E-state index is -0.184. The molecule has 0 saturated heterocycles. The van der Waals surface area contributed by atoms with E-state index in [2.05, 4.69) is 20.8 Å². The predicted molar refractivity (Wildman–Crippen MR) is 129 cm³/mol. The molecule has 1 aromatic heterocycles. The van der Waals surface area contributed by atoms with Crippen molar-refractivity contribution in [2.75, 3.05) is 11.1 Å². The molecule has 0 aliphatic carbocycles. The number of carbonyl (C=O) groups excluding carboxylic acids is 1. The molecule has 33 heavy (non-hydrogen) atoms. The van der Waals surface area contributed by atoms with Crippen LogP contribution in [0.4, 0.5) is 5.69 Å². The molecule has 1 amide bonds. The third kappa shape index (κ3) is 4.70. The first-order valence-corrected chi connectivity index (χ1v) is 11.3. The Morgan fingerprint density at radius 3 is 2.55 bits per heavy atom. The maximum atomic E-state index is 12.7. The number of para-hydroxylation sites is 3. The normalized spacial score (nSPS) is 10.8. The van der Waals surface area contributed by atoms with Crippen LogP contribution in [0.3, 0.4) is 0 Å². The molecule has 1 N–H and O–H groups in total. The lowest BCUT2D eigenvalue weighted by Gasteiger charge is -2.12. The second kappa shape index (κ2) is 9.54. The highest BCUT2D eigenvalue weighted by molar-refractivity contribution is 7.99. The van der Waals surface area contributed by atoms with Gasteiger partial charge in [0.25, 0.3) is 0 Å². The molecule has 0 unspecified atom stereocenters. The van der Waals surface area contributed by atoms with Crippen LogP contribution in [0, 0.1) is 0 Å². The first-order valence-electron chi connectivity index (χ1n) is 10.3. The van der Waals surface area contributed by atoms with Crippen LogP contribution in [0.2, 0.25) is 0 Å². The number of rotatable bonds is 7. The van der Waals surface area contributed by atoms with Crippen LogP contribution in [0.1, 0.15) is 0 Å². The fourth-order valence-corrected chi connectivity index (χ4v) is 4.09. The van der Waals surface area contributed by atoms with Gasteiger partial charge in [-0.1, -0.05) is 78.5 Å². The zero-order valence-electron chi connectivity index (χ0n) is 17.5. The monoisotopic (exact) mass is 453 g/mol. The molecular weight excluding hydrogens is 434 g/mol. The van der Waals surface area contributed by atoms with Crippen molar-refractivity contribution in [1.29, 1.82) is 0 Å². The third-order valence-corrected chi connectivity index (χ3v) is 5.82. The van der Waals surface area contributed by atoms with E-state index >= 15 is 0 Å². The number of anilines is 1. The number of thioether (sulfide) groups is 1. The molecule has 0 aliphatic heterocycles. The zero-order valence-corrected chi connectivity index (χ0v) is 18.3. The van der Waals surface area contributed by atoms with E-state index in [1.54, 1.807) is 10.7 Å². The Balaban J connectivity index is 1.29. The summed E-state index contributed by atoms with van der Waals surface area (Å²) in [5.41, 5.74) is 1.46. The lowest BCUT2D eigenvalue weighted by atomic mass is 10.1. The summed E-state index contributed by atoms with van der Waals surface area (Å²) in [6, 6.07) is 30.8. The van der Waals surface area contributed by atoms with Gasteiger partial charge in [0, 0.05) is 5.39 Å². The van der Waals surface area contributed by atoms with E-state index in [0.29, 0.717) is 22.3 Å². The molecular formula is C25H19N5O2S. The SMILES string of the molecule is O=C(CSc1nnnn1-c1cccc2ccccc12)Nc1ccccc1Oc1ccccc1. The molecule has 0 radical (unpaired) electrons. The number of fused-ring (bicyclic) bond motifs is 1. The molecule has 7 nitrogen and oxygen atoms in total. The van der Waals surface area contributed by atoms with Gasteiger partial charge in [0.1, 0.15) is 5.75 Å². The predicted octanol–water partition coefficient (Wildman–Crippen LogP) is 5.34. The topological polar surface area (TPSA) is 81.9 Å². The standard InChI is InChI=1S/C25H19N5O2S/c31-24(26-21-14-6-7-16-23(21)32-19-11-2-1-3-12-19)17-33-25-27-28-29-30(25)22-15-8-10-18-9-4-5-13-20(18)22/h1-16H,17H2,(H,26,31). The average Bonchev–Trinajstić information content (AvgIpc) is 3.33. The fraction of sp³-hybridized carbons (Fsp3) is 0.0400. The number of carbonyl (C=O) groups is 1.